The Hall–Kier alpha value is -1.30. The minimum absolute atomic E-state index is 0.330. The molecule has 0 spiro atoms. The van der Waals surface area contributed by atoms with Crippen molar-refractivity contribution < 1.29 is 13.2 Å². The number of benzene rings is 1. The average molecular weight is 206 g/mol. The predicted molar refractivity (Wildman–Crippen MR) is 46.7 cm³/mol. The third-order valence-corrected chi connectivity index (χ3v) is 1.39. The first-order chi connectivity index (χ1) is 6.02. The molecule has 0 heterocycles. The second-order valence-electron chi connectivity index (χ2n) is 2.21. The van der Waals surface area contributed by atoms with Crippen LogP contribution in [0.2, 0.25) is 0 Å². The lowest BCUT2D eigenvalue weighted by molar-refractivity contribution is 0.500. The Morgan fingerprint density at radius 3 is 2.31 bits per heavy atom. The summed E-state index contributed by atoms with van der Waals surface area (Å²) < 4.78 is 38.2. The van der Waals surface area contributed by atoms with E-state index in [4.69, 9.17) is 5.73 Å². The molecule has 0 fully saturated rings. The summed E-state index contributed by atoms with van der Waals surface area (Å²) in [6, 6.07) is 1.45. The van der Waals surface area contributed by atoms with Crippen LogP contribution in [0, 0.1) is 17.5 Å². The van der Waals surface area contributed by atoms with Gasteiger partial charge in [0.15, 0.2) is 16.7 Å². The van der Waals surface area contributed by atoms with E-state index in [1.807, 2.05) is 5.32 Å². The fraction of sp³-hybridized carbons (Fsp3) is 0. The molecular weight excluding hydrogens is 201 g/mol. The molecule has 1 rings (SSSR count). The molecule has 0 saturated carbocycles. The number of anilines is 1. The van der Waals surface area contributed by atoms with Crippen LogP contribution in [0.3, 0.4) is 0 Å². The average Bonchev–Trinajstić information content (AvgIpc) is 2.05. The number of hydrogen-bond donors (Lipinski definition) is 2. The first-order valence-electron chi connectivity index (χ1n) is 3.22. The van der Waals surface area contributed by atoms with Crippen LogP contribution >= 0.6 is 12.2 Å². The minimum atomic E-state index is -1.34. The van der Waals surface area contributed by atoms with Crippen molar-refractivity contribution in [2.75, 3.05) is 5.32 Å². The lowest BCUT2D eigenvalue weighted by Gasteiger charge is -2.06. The molecule has 0 amide bonds. The van der Waals surface area contributed by atoms with Gasteiger partial charge >= 0.3 is 0 Å². The van der Waals surface area contributed by atoms with E-state index in [9.17, 15) is 13.2 Å². The van der Waals surface area contributed by atoms with Crippen LogP contribution in [0.4, 0.5) is 18.9 Å². The largest absolute Gasteiger partial charge is 0.376 e. The molecular formula is C7H5F3N2S. The minimum Gasteiger partial charge on any atom is -0.376 e. The fourth-order valence-corrected chi connectivity index (χ4v) is 0.867. The quantitative estimate of drug-likeness (QED) is 0.543. The van der Waals surface area contributed by atoms with E-state index in [0.717, 1.165) is 6.07 Å². The van der Waals surface area contributed by atoms with Gasteiger partial charge in [-0.3, -0.25) is 0 Å². The highest BCUT2D eigenvalue weighted by atomic mass is 32.1. The van der Waals surface area contributed by atoms with E-state index < -0.39 is 23.1 Å². The van der Waals surface area contributed by atoms with Crippen LogP contribution in [-0.2, 0) is 0 Å². The third-order valence-electron chi connectivity index (χ3n) is 1.29. The highest BCUT2D eigenvalue weighted by Crippen LogP contribution is 2.20. The van der Waals surface area contributed by atoms with Crippen molar-refractivity contribution in [3.05, 3.63) is 29.6 Å². The third kappa shape index (κ3) is 2.09. The molecule has 0 bridgehead atoms. The molecule has 0 radical (unpaired) electrons. The zero-order valence-corrected chi connectivity index (χ0v) is 7.09. The van der Waals surface area contributed by atoms with Gasteiger partial charge in [0.25, 0.3) is 0 Å². The zero-order chi connectivity index (χ0) is 10.0. The van der Waals surface area contributed by atoms with Crippen molar-refractivity contribution in [3.63, 3.8) is 0 Å². The molecule has 0 atom stereocenters. The van der Waals surface area contributed by atoms with Gasteiger partial charge in [0.2, 0.25) is 0 Å². The van der Waals surface area contributed by atoms with Crippen LogP contribution in [0.1, 0.15) is 0 Å². The monoisotopic (exact) mass is 206 g/mol. The maximum atomic E-state index is 12.8. The molecule has 0 saturated heterocycles. The van der Waals surface area contributed by atoms with Gasteiger partial charge in [-0.05, 0) is 24.4 Å². The lowest BCUT2D eigenvalue weighted by Crippen LogP contribution is -2.20. The van der Waals surface area contributed by atoms with Crippen LogP contribution in [0.15, 0.2) is 12.1 Å². The van der Waals surface area contributed by atoms with Gasteiger partial charge in [0, 0.05) is 0 Å². The van der Waals surface area contributed by atoms with Gasteiger partial charge in [-0.1, -0.05) is 0 Å². The van der Waals surface area contributed by atoms with Gasteiger partial charge in [-0.2, -0.15) is 0 Å². The summed E-state index contributed by atoms with van der Waals surface area (Å²) in [5, 5.41) is 1.67. The summed E-state index contributed by atoms with van der Waals surface area (Å²) in [4.78, 5) is 0. The second-order valence-corrected chi connectivity index (χ2v) is 2.65. The second kappa shape index (κ2) is 3.61. The molecule has 6 heteroatoms. The molecule has 1 aromatic rings. The van der Waals surface area contributed by atoms with Crippen molar-refractivity contribution in [2.45, 2.75) is 0 Å². The molecule has 13 heavy (non-hydrogen) atoms. The van der Waals surface area contributed by atoms with Crippen LogP contribution in [0.5, 0.6) is 0 Å². The standard InChI is InChI=1S/C7H5F3N2S/c8-3-1-2-4(9)6(5(3)10)12-7(11)13/h1-2H,(H3,11,12,13). The Kier molecular flexibility index (Phi) is 2.72. The molecule has 0 unspecified atom stereocenters. The number of nitrogens with two attached hydrogens (primary N) is 1. The Balaban J connectivity index is 3.17. The Bertz CT molecular complexity index is 354. The zero-order valence-electron chi connectivity index (χ0n) is 6.27. The number of nitrogens with one attached hydrogen (secondary N) is 1. The van der Waals surface area contributed by atoms with Crippen molar-refractivity contribution in [2.24, 2.45) is 5.73 Å². The highest BCUT2D eigenvalue weighted by Gasteiger charge is 2.13. The van der Waals surface area contributed by atoms with E-state index in [2.05, 4.69) is 12.2 Å². The summed E-state index contributed by atoms with van der Waals surface area (Å²) in [5.74, 6) is -3.46. The molecule has 0 aliphatic rings. The van der Waals surface area contributed by atoms with E-state index >= 15 is 0 Å². The van der Waals surface area contributed by atoms with Gasteiger partial charge in [-0.25, -0.2) is 13.2 Å². The molecule has 0 aliphatic carbocycles. The van der Waals surface area contributed by atoms with Gasteiger partial charge in [-0.15, -0.1) is 0 Å². The van der Waals surface area contributed by atoms with E-state index in [-0.39, 0.29) is 5.11 Å². The van der Waals surface area contributed by atoms with Crippen molar-refractivity contribution >= 4 is 23.0 Å². The topological polar surface area (TPSA) is 38.0 Å². The van der Waals surface area contributed by atoms with E-state index in [1.54, 1.807) is 0 Å². The first kappa shape index (κ1) is 9.79. The van der Waals surface area contributed by atoms with Crippen molar-refractivity contribution in [3.8, 4) is 0 Å². The van der Waals surface area contributed by atoms with E-state index in [0.29, 0.717) is 6.07 Å². The molecule has 1 aromatic carbocycles. The predicted octanol–water partition coefficient (Wildman–Crippen LogP) is 1.76. The summed E-state index contributed by atoms with van der Waals surface area (Å²) in [5.41, 5.74) is 4.30. The SMILES string of the molecule is NC(=S)Nc1c(F)ccc(F)c1F. The van der Waals surface area contributed by atoms with Gasteiger partial charge in [0.1, 0.15) is 11.5 Å². The molecule has 0 aliphatic heterocycles. The van der Waals surface area contributed by atoms with Crippen LogP contribution in [-0.4, -0.2) is 5.11 Å². The number of hydrogen-bond acceptors (Lipinski definition) is 1. The van der Waals surface area contributed by atoms with E-state index in [1.165, 1.54) is 0 Å². The maximum absolute atomic E-state index is 12.8. The normalized spacial score (nSPS) is 9.77. The van der Waals surface area contributed by atoms with Gasteiger partial charge < -0.3 is 11.1 Å². The Labute approximate surface area is 77.5 Å². The number of thiocarbonyl (C=S) groups is 1. The highest BCUT2D eigenvalue weighted by molar-refractivity contribution is 7.80. The summed E-state index contributed by atoms with van der Waals surface area (Å²) in [7, 11) is 0. The lowest BCUT2D eigenvalue weighted by atomic mass is 10.3. The number of halogens is 3. The first-order valence-corrected chi connectivity index (χ1v) is 3.63. The smallest absolute Gasteiger partial charge is 0.185 e. The molecule has 3 N–H and O–H groups in total. The van der Waals surface area contributed by atoms with Crippen molar-refractivity contribution in [1.82, 2.24) is 0 Å². The number of rotatable bonds is 1. The summed E-state index contributed by atoms with van der Waals surface area (Å²) >= 11 is 4.35. The van der Waals surface area contributed by atoms with Gasteiger partial charge in [0.05, 0.1) is 0 Å². The Morgan fingerprint density at radius 2 is 1.77 bits per heavy atom. The van der Waals surface area contributed by atoms with Crippen molar-refractivity contribution in [1.29, 1.82) is 0 Å². The fourth-order valence-electron chi connectivity index (χ4n) is 0.765. The molecule has 70 valence electrons. The molecule has 0 aromatic heterocycles. The summed E-state index contributed by atoms with van der Waals surface area (Å²) in [6.45, 7) is 0. The molecule has 2 nitrogen and oxygen atoms in total. The van der Waals surface area contributed by atoms with Crippen LogP contribution in [0.25, 0.3) is 0 Å². The van der Waals surface area contributed by atoms with Crippen LogP contribution < -0.4 is 11.1 Å². The Morgan fingerprint density at radius 1 is 1.23 bits per heavy atom. The maximum Gasteiger partial charge on any atom is 0.185 e. The summed E-state index contributed by atoms with van der Waals surface area (Å²) in [6.07, 6.45) is 0.